The molecule has 0 aliphatic carbocycles. The SMILES string of the molecule is CCNc1nnc(SC(C)C(=O)Nc2ccc(C)cc2Br)s1. The number of halogens is 1. The molecule has 0 spiro atoms. The van der Waals surface area contributed by atoms with Gasteiger partial charge in [-0.25, -0.2) is 0 Å². The van der Waals surface area contributed by atoms with Crippen molar-refractivity contribution >= 4 is 55.8 Å². The van der Waals surface area contributed by atoms with Gasteiger partial charge in [-0.3, -0.25) is 4.79 Å². The fraction of sp³-hybridized carbons (Fsp3) is 0.357. The average molecular weight is 401 g/mol. The monoisotopic (exact) mass is 400 g/mol. The molecule has 0 radical (unpaired) electrons. The third-order valence-electron chi connectivity index (χ3n) is 2.76. The molecule has 1 aromatic carbocycles. The molecular formula is C14H17BrN4OS2. The van der Waals surface area contributed by atoms with Crippen LogP contribution in [0.3, 0.4) is 0 Å². The molecule has 1 amide bonds. The molecule has 1 atom stereocenters. The first-order valence-electron chi connectivity index (χ1n) is 6.80. The molecule has 0 saturated heterocycles. The second-order valence-corrected chi connectivity index (χ2v) is 8.06. The number of nitrogens with one attached hydrogen (secondary N) is 2. The Morgan fingerprint density at radius 1 is 1.45 bits per heavy atom. The summed E-state index contributed by atoms with van der Waals surface area (Å²) in [7, 11) is 0. The van der Waals surface area contributed by atoms with E-state index in [1.807, 2.05) is 39.0 Å². The van der Waals surface area contributed by atoms with Crippen molar-refractivity contribution in [3.63, 3.8) is 0 Å². The van der Waals surface area contributed by atoms with Crippen LogP contribution >= 0.6 is 39.0 Å². The van der Waals surface area contributed by atoms with Crippen LogP contribution in [-0.2, 0) is 4.79 Å². The quantitative estimate of drug-likeness (QED) is 0.712. The van der Waals surface area contributed by atoms with E-state index in [4.69, 9.17) is 0 Å². The lowest BCUT2D eigenvalue weighted by atomic mass is 10.2. The van der Waals surface area contributed by atoms with Crippen LogP contribution < -0.4 is 10.6 Å². The number of hydrogen-bond donors (Lipinski definition) is 2. The van der Waals surface area contributed by atoms with Gasteiger partial charge in [-0.15, -0.1) is 10.2 Å². The van der Waals surface area contributed by atoms with Gasteiger partial charge in [0.15, 0.2) is 4.34 Å². The molecule has 0 aliphatic rings. The van der Waals surface area contributed by atoms with Crippen molar-refractivity contribution in [3.8, 4) is 0 Å². The lowest BCUT2D eigenvalue weighted by Crippen LogP contribution is -2.22. The molecule has 1 unspecified atom stereocenters. The highest BCUT2D eigenvalue weighted by atomic mass is 79.9. The first-order valence-corrected chi connectivity index (χ1v) is 9.29. The minimum atomic E-state index is -0.254. The summed E-state index contributed by atoms with van der Waals surface area (Å²) in [5.41, 5.74) is 1.91. The van der Waals surface area contributed by atoms with E-state index in [1.54, 1.807) is 0 Å². The summed E-state index contributed by atoms with van der Waals surface area (Å²) < 4.78 is 1.66. The summed E-state index contributed by atoms with van der Waals surface area (Å²) >= 11 is 6.32. The van der Waals surface area contributed by atoms with Gasteiger partial charge >= 0.3 is 0 Å². The smallest absolute Gasteiger partial charge is 0.237 e. The predicted octanol–water partition coefficient (Wildman–Crippen LogP) is 4.16. The zero-order chi connectivity index (χ0) is 16.1. The number of benzene rings is 1. The van der Waals surface area contributed by atoms with E-state index < -0.39 is 0 Å². The standard InChI is InChI=1S/C14H17BrN4OS2/c1-4-16-13-18-19-14(22-13)21-9(3)12(20)17-11-6-5-8(2)7-10(11)15/h5-7,9H,4H2,1-3H3,(H,16,18)(H,17,20). The Balaban J connectivity index is 1.96. The molecule has 1 aromatic heterocycles. The molecule has 118 valence electrons. The van der Waals surface area contributed by atoms with E-state index in [-0.39, 0.29) is 11.2 Å². The number of nitrogens with zero attached hydrogens (tertiary/aromatic N) is 2. The molecule has 1 heterocycles. The number of carbonyl (C=O) groups excluding carboxylic acids is 1. The van der Waals surface area contributed by atoms with Gasteiger partial charge in [0.1, 0.15) is 0 Å². The molecular weight excluding hydrogens is 384 g/mol. The van der Waals surface area contributed by atoms with Crippen molar-refractivity contribution in [2.75, 3.05) is 17.2 Å². The number of aromatic nitrogens is 2. The van der Waals surface area contributed by atoms with Gasteiger partial charge < -0.3 is 10.6 Å². The van der Waals surface area contributed by atoms with Crippen LogP contribution in [0.1, 0.15) is 19.4 Å². The normalized spacial score (nSPS) is 12.0. The summed E-state index contributed by atoms with van der Waals surface area (Å²) in [6.45, 7) is 6.67. The van der Waals surface area contributed by atoms with E-state index in [1.165, 1.54) is 23.1 Å². The van der Waals surface area contributed by atoms with Crippen LogP contribution in [0, 0.1) is 6.92 Å². The molecule has 0 bridgehead atoms. The number of hydrogen-bond acceptors (Lipinski definition) is 6. The first-order chi connectivity index (χ1) is 10.5. The third kappa shape index (κ3) is 4.69. The fourth-order valence-corrected chi connectivity index (χ4v) is 4.20. The second kappa shape index (κ2) is 7.94. The molecule has 0 saturated carbocycles. The van der Waals surface area contributed by atoms with Crippen LogP contribution in [0.25, 0.3) is 0 Å². The largest absolute Gasteiger partial charge is 0.360 e. The summed E-state index contributed by atoms with van der Waals surface area (Å²) in [4.78, 5) is 12.3. The van der Waals surface area contributed by atoms with Crippen LogP contribution in [0.5, 0.6) is 0 Å². The van der Waals surface area contributed by atoms with Crippen molar-refractivity contribution in [2.24, 2.45) is 0 Å². The zero-order valence-corrected chi connectivity index (χ0v) is 15.7. The molecule has 2 rings (SSSR count). The summed E-state index contributed by atoms with van der Waals surface area (Å²) in [5, 5.41) is 14.7. The predicted molar refractivity (Wildman–Crippen MR) is 96.9 cm³/mol. The summed E-state index contributed by atoms with van der Waals surface area (Å²) in [6, 6.07) is 5.83. The number of rotatable bonds is 6. The van der Waals surface area contributed by atoms with Crippen molar-refractivity contribution in [2.45, 2.75) is 30.4 Å². The number of thioether (sulfide) groups is 1. The van der Waals surface area contributed by atoms with E-state index >= 15 is 0 Å². The second-order valence-electron chi connectivity index (χ2n) is 4.64. The molecule has 0 fully saturated rings. The van der Waals surface area contributed by atoms with E-state index in [0.717, 1.165) is 31.7 Å². The Kier molecular flexibility index (Phi) is 6.22. The van der Waals surface area contributed by atoms with Gasteiger partial charge in [-0.05, 0) is 54.4 Å². The fourth-order valence-electron chi connectivity index (χ4n) is 1.64. The molecule has 0 aliphatic heterocycles. The van der Waals surface area contributed by atoms with Crippen LogP contribution in [-0.4, -0.2) is 27.9 Å². The van der Waals surface area contributed by atoms with Gasteiger partial charge in [0.25, 0.3) is 0 Å². The van der Waals surface area contributed by atoms with Gasteiger partial charge in [0.05, 0.1) is 10.9 Å². The lowest BCUT2D eigenvalue weighted by molar-refractivity contribution is -0.115. The van der Waals surface area contributed by atoms with E-state index in [0.29, 0.717) is 0 Å². The van der Waals surface area contributed by atoms with Crippen LogP contribution in [0.15, 0.2) is 27.0 Å². The van der Waals surface area contributed by atoms with E-state index in [2.05, 4.69) is 36.8 Å². The zero-order valence-electron chi connectivity index (χ0n) is 12.5. The van der Waals surface area contributed by atoms with Gasteiger partial charge in [0.2, 0.25) is 11.0 Å². The minimum absolute atomic E-state index is 0.0604. The van der Waals surface area contributed by atoms with Crippen molar-refractivity contribution in [1.29, 1.82) is 0 Å². The van der Waals surface area contributed by atoms with Crippen molar-refractivity contribution in [1.82, 2.24) is 10.2 Å². The first kappa shape index (κ1) is 17.2. The van der Waals surface area contributed by atoms with E-state index in [9.17, 15) is 4.79 Å². The van der Waals surface area contributed by atoms with Crippen LogP contribution in [0.4, 0.5) is 10.8 Å². The molecule has 2 aromatic rings. The third-order valence-corrected chi connectivity index (χ3v) is 5.49. The Morgan fingerprint density at radius 2 is 2.23 bits per heavy atom. The maximum absolute atomic E-state index is 12.3. The maximum atomic E-state index is 12.3. The molecule has 22 heavy (non-hydrogen) atoms. The van der Waals surface area contributed by atoms with Crippen LogP contribution in [0.2, 0.25) is 0 Å². The Morgan fingerprint density at radius 3 is 2.91 bits per heavy atom. The molecule has 5 nitrogen and oxygen atoms in total. The number of carbonyl (C=O) groups is 1. The Labute approximate surface area is 146 Å². The maximum Gasteiger partial charge on any atom is 0.237 e. The number of aryl methyl sites for hydroxylation is 1. The topological polar surface area (TPSA) is 66.9 Å². The average Bonchev–Trinajstić information content (AvgIpc) is 2.89. The highest BCUT2D eigenvalue weighted by molar-refractivity contribution is 9.10. The highest BCUT2D eigenvalue weighted by Crippen LogP contribution is 2.30. The van der Waals surface area contributed by atoms with Crippen molar-refractivity contribution < 1.29 is 4.79 Å². The van der Waals surface area contributed by atoms with Crippen molar-refractivity contribution in [3.05, 3.63) is 28.2 Å². The Bertz CT molecular complexity index is 662. The summed E-state index contributed by atoms with van der Waals surface area (Å²) in [6.07, 6.45) is 0. The van der Waals surface area contributed by atoms with Gasteiger partial charge in [-0.1, -0.05) is 29.2 Å². The Hall–Kier alpha value is -1.12. The summed E-state index contributed by atoms with van der Waals surface area (Å²) in [5.74, 6) is -0.0604. The van der Waals surface area contributed by atoms with Gasteiger partial charge in [0, 0.05) is 11.0 Å². The van der Waals surface area contributed by atoms with Gasteiger partial charge in [-0.2, -0.15) is 0 Å². The highest BCUT2D eigenvalue weighted by Gasteiger charge is 2.18. The molecule has 2 N–H and O–H groups in total. The minimum Gasteiger partial charge on any atom is -0.360 e. The molecule has 8 heteroatoms. The number of anilines is 2. The number of amides is 1. The lowest BCUT2D eigenvalue weighted by Gasteiger charge is -2.12.